The Morgan fingerprint density at radius 2 is 2.04 bits per heavy atom. The van der Waals surface area contributed by atoms with E-state index in [1.807, 2.05) is 31.3 Å². The number of halogens is 1. The van der Waals surface area contributed by atoms with Crippen molar-refractivity contribution >= 4 is 22.4 Å². The average Bonchev–Trinajstić information content (AvgIpc) is 3.06. The molecule has 2 rings (SSSR count). The number of guanidine groups is 1. The lowest BCUT2D eigenvalue weighted by molar-refractivity contribution is 0.223. The van der Waals surface area contributed by atoms with E-state index in [-0.39, 0.29) is 11.9 Å². The van der Waals surface area contributed by atoms with E-state index in [4.69, 9.17) is 4.74 Å². The number of aromatic nitrogens is 1. The van der Waals surface area contributed by atoms with E-state index < -0.39 is 0 Å². The largest absolute Gasteiger partial charge is 0.489 e. The van der Waals surface area contributed by atoms with Gasteiger partial charge in [0.15, 0.2) is 11.1 Å². The molecule has 1 aromatic carbocycles. The van der Waals surface area contributed by atoms with Crippen molar-refractivity contribution in [3.05, 3.63) is 41.2 Å². The standard InChI is InChI=1S/C17H24FN5OS/c1-12(24-15-7-5-13(18)6-8-15)9-20-16(19-2)21-10-14-11-25-17(22-14)23(3)4/h5-8,11-12H,9-10H2,1-4H3,(H2,19,20,21). The average molecular weight is 365 g/mol. The Morgan fingerprint density at radius 1 is 1.32 bits per heavy atom. The molecular formula is C17H24FN5OS. The topological polar surface area (TPSA) is 61.8 Å². The summed E-state index contributed by atoms with van der Waals surface area (Å²) in [6.45, 7) is 3.10. The smallest absolute Gasteiger partial charge is 0.191 e. The molecule has 8 heteroatoms. The van der Waals surface area contributed by atoms with Crippen molar-refractivity contribution in [1.29, 1.82) is 0 Å². The molecule has 1 heterocycles. The van der Waals surface area contributed by atoms with E-state index in [1.54, 1.807) is 30.5 Å². The third-order valence-corrected chi connectivity index (χ3v) is 4.35. The Kier molecular flexibility index (Phi) is 7.00. The highest BCUT2D eigenvalue weighted by Gasteiger charge is 2.07. The lowest BCUT2D eigenvalue weighted by Crippen LogP contribution is -2.41. The van der Waals surface area contributed by atoms with Crippen LogP contribution in [0.25, 0.3) is 0 Å². The zero-order valence-corrected chi connectivity index (χ0v) is 15.7. The van der Waals surface area contributed by atoms with Gasteiger partial charge < -0.3 is 20.3 Å². The molecule has 1 unspecified atom stereocenters. The van der Waals surface area contributed by atoms with E-state index in [2.05, 4.69) is 20.6 Å². The summed E-state index contributed by atoms with van der Waals surface area (Å²) in [5.74, 6) is 1.04. The Labute approximate surface area is 151 Å². The van der Waals surface area contributed by atoms with Gasteiger partial charge in [0, 0.05) is 26.5 Å². The number of hydrogen-bond donors (Lipinski definition) is 2. The third kappa shape index (κ3) is 6.22. The first kappa shape index (κ1) is 19.0. The normalized spacial score (nSPS) is 12.6. The van der Waals surface area contributed by atoms with E-state index >= 15 is 0 Å². The summed E-state index contributed by atoms with van der Waals surface area (Å²) in [5.41, 5.74) is 0.965. The number of aliphatic imine (C=N–C) groups is 1. The Balaban J connectivity index is 1.76. The van der Waals surface area contributed by atoms with Crippen molar-refractivity contribution in [2.45, 2.75) is 19.6 Å². The highest BCUT2D eigenvalue weighted by molar-refractivity contribution is 7.13. The Hall–Kier alpha value is -2.35. The molecule has 6 nitrogen and oxygen atoms in total. The minimum atomic E-state index is -0.276. The molecule has 0 aliphatic carbocycles. The highest BCUT2D eigenvalue weighted by atomic mass is 32.1. The predicted octanol–water partition coefficient (Wildman–Crippen LogP) is 2.48. The summed E-state index contributed by atoms with van der Waals surface area (Å²) in [5, 5.41) is 9.43. The van der Waals surface area contributed by atoms with Gasteiger partial charge in [-0.15, -0.1) is 11.3 Å². The van der Waals surface area contributed by atoms with Crippen molar-refractivity contribution in [3.8, 4) is 5.75 Å². The molecule has 25 heavy (non-hydrogen) atoms. The van der Waals surface area contributed by atoms with Crippen molar-refractivity contribution in [2.75, 3.05) is 32.6 Å². The van der Waals surface area contributed by atoms with Crippen molar-refractivity contribution in [1.82, 2.24) is 15.6 Å². The summed E-state index contributed by atoms with van der Waals surface area (Å²) in [4.78, 5) is 10.7. The van der Waals surface area contributed by atoms with E-state index in [0.717, 1.165) is 10.8 Å². The molecule has 0 aliphatic rings. The molecule has 0 aliphatic heterocycles. The first-order valence-corrected chi connectivity index (χ1v) is 8.84. The number of nitrogens with zero attached hydrogens (tertiary/aromatic N) is 3. The maximum atomic E-state index is 12.9. The van der Waals surface area contributed by atoms with Crippen LogP contribution in [0, 0.1) is 5.82 Å². The van der Waals surface area contributed by atoms with Crippen LogP contribution in [0.2, 0.25) is 0 Å². The van der Waals surface area contributed by atoms with Crippen molar-refractivity contribution < 1.29 is 9.13 Å². The molecule has 0 radical (unpaired) electrons. The quantitative estimate of drug-likeness (QED) is 0.583. The van der Waals surface area contributed by atoms with Gasteiger partial charge in [-0.25, -0.2) is 9.37 Å². The number of benzene rings is 1. The second-order valence-corrected chi connectivity index (χ2v) is 6.54. The van der Waals surface area contributed by atoms with Crippen LogP contribution in [0.4, 0.5) is 9.52 Å². The molecule has 136 valence electrons. The summed E-state index contributed by atoms with van der Waals surface area (Å²) < 4.78 is 18.6. The molecular weight excluding hydrogens is 341 g/mol. The zero-order valence-electron chi connectivity index (χ0n) is 14.9. The zero-order chi connectivity index (χ0) is 18.2. The Morgan fingerprint density at radius 3 is 2.64 bits per heavy atom. The number of anilines is 1. The molecule has 0 amide bonds. The maximum absolute atomic E-state index is 12.9. The lowest BCUT2D eigenvalue weighted by Gasteiger charge is -2.17. The summed E-state index contributed by atoms with van der Waals surface area (Å²) >= 11 is 1.61. The van der Waals surface area contributed by atoms with E-state index in [0.29, 0.717) is 24.8 Å². The fourth-order valence-electron chi connectivity index (χ4n) is 2.01. The van der Waals surface area contributed by atoms with Gasteiger partial charge in [-0.3, -0.25) is 4.99 Å². The molecule has 1 atom stereocenters. The summed E-state index contributed by atoms with van der Waals surface area (Å²) in [7, 11) is 5.66. The van der Waals surface area contributed by atoms with E-state index in [1.165, 1.54) is 12.1 Å². The van der Waals surface area contributed by atoms with Gasteiger partial charge in [0.05, 0.1) is 18.8 Å². The van der Waals surface area contributed by atoms with Crippen LogP contribution in [0.5, 0.6) is 5.75 Å². The maximum Gasteiger partial charge on any atom is 0.191 e. The predicted molar refractivity (Wildman–Crippen MR) is 101 cm³/mol. The SMILES string of the molecule is CN=C(NCc1csc(N(C)C)n1)NCC(C)Oc1ccc(F)cc1. The molecule has 0 saturated heterocycles. The number of ether oxygens (including phenoxy) is 1. The molecule has 1 aromatic heterocycles. The van der Waals surface area contributed by atoms with E-state index in [9.17, 15) is 4.39 Å². The Bertz CT molecular complexity index is 687. The van der Waals surface area contributed by atoms with Crippen molar-refractivity contribution in [3.63, 3.8) is 0 Å². The van der Waals surface area contributed by atoms with Crippen LogP contribution in [0.15, 0.2) is 34.6 Å². The van der Waals surface area contributed by atoms with Crippen LogP contribution < -0.4 is 20.3 Å². The fraction of sp³-hybridized carbons (Fsp3) is 0.412. The van der Waals surface area contributed by atoms with Crippen LogP contribution in [-0.2, 0) is 6.54 Å². The molecule has 2 aromatic rings. The monoisotopic (exact) mass is 365 g/mol. The van der Waals surface area contributed by atoms with Gasteiger partial charge in [-0.2, -0.15) is 0 Å². The minimum Gasteiger partial charge on any atom is -0.489 e. The number of nitrogens with one attached hydrogen (secondary N) is 2. The molecule has 0 bridgehead atoms. The minimum absolute atomic E-state index is 0.0939. The highest BCUT2D eigenvalue weighted by Crippen LogP contribution is 2.17. The summed E-state index contributed by atoms with van der Waals surface area (Å²) in [6.07, 6.45) is -0.0939. The first-order valence-electron chi connectivity index (χ1n) is 7.96. The van der Waals surface area contributed by atoms with Gasteiger partial charge in [0.25, 0.3) is 0 Å². The lowest BCUT2D eigenvalue weighted by atomic mass is 10.3. The van der Waals surface area contributed by atoms with Crippen molar-refractivity contribution in [2.24, 2.45) is 4.99 Å². The van der Waals surface area contributed by atoms with Gasteiger partial charge >= 0.3 is 0 Å². The van der Waals surface area contributed by atoms with Gasteiger partial charge in [0.1, 0.15) is 17.7 Å². The van der Waals surface area contributed by atoms with Crippen LogP contribution in [0.3, 0.4) is 0 Å². The van der Waals surface area contributed by atoms with Gasteiger partial charge in [-0.1, -0.05) is 0 Å². The third-order valence-electron chi connectivity index (χ3n) is 3.29. The second kappa shape index (κ2) is 9.22. The molecule has 0 fully saturated rings. The summed E-state index contributed by atoms with van der Waals surface area (Å²) in [6, 6.07) is 5.99. The number of hydrogen-bond acceptors (Lipinski definition) is 5. The van der Waals surface area contributed by atoms with Crippen LogP contribution in [0.1, 0.15) is 12.6 Å². The number of thiazole rings is 1. The first-order chi connectivity index (χ1) is 12.0. The second-order valence-electron chi connectivity index (χ2n) is 5.70. The molecule has 0 spiro atoms. The number of rotatable bonds is 7. The fourth-order valence-corrected chi connectivity index (χ4v) is 2.76. The molecule has 2 N–H and O–H groups in total. The van der Waals surface area contributed by atoms with Crippen LogP contribution >= 0.6 is 11.3 Å². The van der Waals surface area contributed by atoms with Gasteiger partial charge in [0.2, 0.25) is 0 Å². The molecule has 0 saturated carbocycles. The van der Waals surface area contributed by atoms with Crippen LogP contribution in [-0.4, -0.2) is 44.7 Å². The van der Waals surface area contributed by atoms with Gasteiger partial charge in [-0.05, 0) is 31.2 Å².